The number of carbonyl (C=O) groups excluding carboxylic acids is 2. The van der Waals surface area contributed by atoms with Crippen molar-refractivity contribution in [2.45, 2.75) is 44.9 Å². The van der Waals surface area contributed by atoms with Gasteiger partial charge in [0.05, 0.1) is 12.8 Å². The number of nitrogens with one attached hydrogen (secondary N) is 2. The number of hydrogen-bond donors (Lipinski definition) is 4. The fourth-order valence-electron chi connectivity index (χ4n) is 2.61. The number of ketones is 1. The summed E-state index contributed by atoms with van der Waals surface area (Å²) in [5, 5.41) is 25.0. The lowest BCUT2D eigenvalue weighted by atomic mass is 10.0. The van der Waals surface area contributed by atoms with E-state index in [1.165, 1.54) is 24.3 Å². The maximum absolute atomic E-state index is 12.7. The third-order valence-electron chi connectivity index (χ3n) is 5.85. The van der Waals surface area contributed by atoms with Crippen LogP contribution in [0.2, 0.25) is 18.1 Å². The van der Waals surface area contributed by atoms with Crippen LogP contribution in [0.3, 0.4) is 0 Å². The Balaban J connectivity index is 1.95. The molecule has 4 N–H and O–H groups in total. The van der Waals surface area contributed by atoms with Crippen LogP contribution in [0.4, 0.5) is 0 Å². The summed E-state index contributed by atoms with van der Waals surface area (Å²) in [6, 6.07) is 11.2. The summed E-state index contributed by atoms with van der Waals surface area (Å²) in [6.45, 7) is 9.47. The second kappa shape index (κ2) is 12.4. The molecule has 0 heterocycles. The van der Waals surface area contributed by atoms with Crippen LogP contribution in [-0.2, 0) is 9.32 Å². The fraction of sp³-hybridized carbons (Fsp3) is 0.360. The summed E-state index contributed by atoms with van der Waals surface area (Å²) in [7, 11) is -1.98. The Morgan fingerprint density at radius 2 is 1.61 bits per heavy atom. The van der Waals surface area contributed by atoms with Crippen molar-refractivity contribution in [3.8, 4) is 5.75 Å². The molecular weight excluding hydrogens is 482 g/mol. The van der Waals surface area contributed by atoms with Gasteiger partial charge in [-0.25, -0.2) is 4.79 Å². The Bertz CT molecular complexity index is 1080. The average Bonchev–Trinajstić information content (AvgIpc) is 2.83. The van der Waals surface area contributed by atoms with Crippen molar-refractivity contribution in [1.82, 2.24) is 10.9 Å². The number of benzene rings is 2. The maximum Gasteiger partial charge on any atom is 0.341 e. The Morgan fingerprint density at radius 3 is 2.14 bits per heavy atom. The van der Waals surface area contributed by atoms with Crippen LogP contribution in [-0.4, -0.2) is 61.7 Å². The van der Waals surface area contributed by atoms with E-state index in [4.69, 9.17) is 14.4 Å². The van der Waals surface area contributed by atoms with E-state index in [9.17, 15) is 19.5 Å². The number of aliphatic hydroxyl groups is 1. The second-order valence-electron chi connectivity index (χ2n) is 9.61. The molecule has 194 valence electrons. The van der Waals surface area contributed by atoms with Crippen LogP contribution in [0.1, 0.15) is 47.1 Å². The van der Waals surface area contributed by atoms with Gasteiger partial charge in [0, 0.05) is 11.1 Å². The first kappa shape index (κ1) is 28.7. The van der Waals surface area contributed by atoms with Crippen molar-refractivity contribution in [3.63, 3.8) is 0 Å². The number of amides is 1. The predicted molar refractivity (Wildman–Crippen MR) is 138 cm³/mol. The number of hydrazone groups is 1. The van der Waals surface area contributed by atoms with Crippen molar-refractivity contribution in [1.29, 1.82) is 0 Å². The highest BCUT2D eigenvalue weighted by atomic mass is 28.4. The van der Waals surface area contributed by atoms with E-state index in [-0.39, 0.29) is 16.4 Å². The van der Waals surface area contributed by atoms with Crippen LogP contribution in [0, 0.1) is 0 Å². The number of carboxylic acid groups (broad SMARTS) is 1. The number of carbonyl (C=O) groups is 3. The Labute approximate surface area is 211 Å². The molecule has 0 aromatic heterocycles. The zero-order valence-electron chi connectivity index (χ0n) is 21.1. The third kappa shape index (κ3) is 8.29. The highest BCUT2D eigenvalue weighted by Crippen LogP contribution is 2.35. The van der Waals surface area contributed by atoms with Gasteiger partial charge in [-0.3, -0.25) is 9.59 Å². The van der Waals surface area contributed by atoms with E-state index in [0.29, 0.717) is 5.56 Å². The van der Waals surface area contributed by atoms with Crippen molar-refractivity contribution in [2.24, 2.45) is 5.10 Å². The number of nitrogens with zero attached hydrogens (tertiary/aromatic N) is 1. The van der Waals surface area contributed by atoms with Crippen molar-refractivity contribution >= 4 is 32.2 Å². The molecule has 0 aliphatic heterocycles. The number of ether oxygens (including phenoxy) is 1. The summed E-state index contributed by atoms with van der Waals surface area (Å²) in [5.41, 5.74) is 3.92. The minimum Gasteiger partial charge on any atom is -0.482 e. The predicted octanol–water partition coefficient (Wildman–Crippen LogP) is 2.98. The molecule has 0 fully saturated rings. The SMILES string of the molecule is CC(C)(C)[Si](C)(C)ONN=Cc1ccc(C(=O)N[C@@H](CO)C(=O)c2ccc(OCC(=O)O)cc2)cc1. The van der Waals surface area contributed by atoms with Gasteiger partial charge in [-0.2, -0.15) is 10.7 Å². The van der Waals surface area contributed by atoms with Gasteiger partial charge < -0.3 is 24.8 Å². The molecule has 0 spiro atoms. The van der Waals surface area contributed by atoms with Gasteiger partial charge >= 0.3 is 5.97 Å². The first-order chi connectivity index (χ1) is 16.8. The highest BCUT2D eigenvalue weighted by Gasteiger charge is 2.38. The minimum absolute atomic E-state index is 0.0398. The van der Waals surface area contributed by atoms with Crippen molar-refractivity contribution in [3.05, 3.63) is 65.2 Å². The molecule has 36 heavy (non-hydrogen) atoms. The van der Waals surface area contributed by atoms with E-state index < -0.39 is 45.2 Å². The van der Waals surface area contributed by atoms with Gasteiger partial charge in [0.15, 0.2) is 12.4 Å². The molecule has 11 heteroatoms. The lowest BCUT2D eigenvalue weighted by molar-refractivity contribution is -0.139. The van der Waals surface area contributed by atoms with Crippen LogP contribution in [0.15, 0.2) is 53.6 Å². The van der Waals surface area contributed by atoms with Crippen molar-refractivity contribution < 1.29 is 33.9 Å². The van der Waals surface area contributed by atoms with Gasteiger partial charge in [0.2, 0.25) is 8.32 Å². The lowest BCUT2D eigenvalue weighted by Crippen LogP contribution is -2.43. The number of carboxylic acids is 1. The highest BCUT2D eigenvalue weighted by molar-refractivity contribution is 6.74. The Morgan fingerprint density at radius 1 is 1.03 bits per heavy atom. The van der Waals surface area contributed by atoms with Gasteiger partial charge in [-0.15, -0.1) is 0 Å². The molecule has 0 aliphatic rings. The van der Waals surface area contributed by atoms with Gasteiger partial charge in [-0.1, -0.05) is 32.9 Å². The molecule has 1 amide bonds. The largest absolute Gasteiger partial charge is 0.482 e. The number of rotatable bonds is 12. The summed E-state index contributed by atoms with van der Waals surface area (Å²) in [5.74, 6) is -1.85. The van der Waals surface area contributed by atoms with Crippen LogP contribution < -0.4 is 15.6 Å². The van der Waals surface area contributed by atoms with Crippen LogP contribution >= 0.6 is 0 Å². The number of aliphatic carboxylic acids is 1. The summed E-state index contributed by atoms with van der Waals surface area (Å²) in [6.07, 6.45) is 1.57. The summed E-state index contributed by atoms with van der Waals surface area (Å²) >= 11 is 0. The molecular formula is C25H33N3O7Si. The monoisotopic (exact) mass is 515 g/mol. The van der Waals surface area contributed by atoms with Gasteiger partial charge in [-0.05, 0) is 60.1 Å². The zero-order valence-corrected chi connectivity index (χ0v) is 22.1. The molecule has 10 nitrogen and oxygen atoms in total. The smallest absolute Gasteiger partial charge is 0.341 e. The van der Waals surface area contributed by atoms with Crippen LogP contribution in [0.25, 0.3) is 0 Å². The fourth-order valence-corrected chi connectivity index (χ4v) is 3.20. The van der Waals surface area contributed by atoms with Gasteiger partial charge in [0.1, 0.15) is 11.8 Å². The molecule has 2 aromatic rings. The van der Waals surface area contributed by atoms with E-state index in [2.05, 4.69) is 49.9 Å². The molecule has 0 unspecified atom stereocenters. The Hall–Kier alpha value is -3.54. The quantitative estimate of drug-likeness (QED) is 0.146. The normalized spacial score (nSPS) is 12.7. The maximum atomic E-state index is 12.7. The van der Waals surface area contributed by atoms with E-state index in [1.54, 1.807) is 30.5 Å². The second-order valence-corrected chi connectivity index (χ2v) is 14.3. The van der Waals surface area contributed by atoms with E-state index >= 15 is 0 Å². The third-order valence-corrected chi connectivity index (χ3v) is 10.1. The average molecular weight is 516 g/mol. The van der Waals surface area contributed by atoms with Gasteiger partial charge in [0.25, 0.3) is 5.91 Å². The standard InChI is InChI=1S/C25H33N3O7Si/c1-25(2,3)36(4,5)35-28-26-14-17-6-8-19(9-7-17)24(33)27-21(15-29)23(32)18-10-12-20(13-11-18)34-16-22(30)31/h6-14,21,28-29H,15-16H2,1-5H3,(H,27,33)(H,30,31)/t21-/m0/s1. The molecule has 0 saturated heterocycles. The first-order valence-corrected chi connectivity index (χ1v) is 14.2. The number of hydrogen-bond acceptors (Lipinski definition) is 8. The number of aliphatic hydroxyl groups excluding tert-OH is 1. The molecule has 0 radical (unpaired) electrons. The molecule has 0 bridgehead atoms. The molecule has 1 atom stereocenters. The first-order valence-electron chi connectivity index (χ1n) is 11.3. The van der Waals surface area contributed by atoms with Crippen molar-refractivity contribution in [2.75, 3.05) is 13.2 Å². The lowest BCUT2D eigenvalue weighted by Gasteiger charge is -2.34. The number of Topliss-reactive ketones (excluding diaryl/α,β-unsaturated/α-hetero) is 1. The van der Waals surface area contributed by atoms with E-state index in [0.717, 1.165) is 5.56 Å². The van der Waals surface area contributed by atoms with E-state index in [1.807, 2.05) is 0 Å². The molecule has 2 aromatic carbocycles. The summed E-state index contributed by atoms with van der Waals surface area (Å²) < 4.78 is 10.8. The zero-order chi connectivity index (χ0) is 26.9. The van der Waals surface area contributed by atoms with Crippen LogP contribution in [0.5, 0.6) is 5.75 Å². The Kier molecular flexibility index (Phi) is 9.90. The minimum atomic E-state index is -1.98. The summed E-state index contributed by atoms with van der Waals surface area (Å²) in [4.78, 5) is 35.9. The molecule has 0 saturated carbocycles. The topological polar surface area (TPSA) is 147 Å². The molecule has 0 aliphatic carbocycles. The molecule has 2 rings (SSSR count).